The Kier molecular flexibility index (Phi) is 11.6. The van der Waals surface area contributed by atoms with Gasteiger partial charge >= 0.3 is 0 Å². The Balaban J connectivity index is 1.76. The number of hydrogen-bond acceptors (Lipinski definition) is 4. The van der Waals surface area contributed by atoms with Gasteiger partial charge in [0.2, 0.25) is 21.8 Å². The highest BCUT2D eigenvalue weighted by molar-refractivity contribution is 9.10. The molecular formula is C32H36BrCl2N3O4S. The highest BCUT2D eigenvalue weighted by atomic mass is 79.9. The number of carbonyl (C=O) groups excluding carboxylic acids is 2. The van der Waals surface area contributed by atoms with Crippen molar-refractivity contribution in [1.82, 2.24) is 10.2 Å². The molecule has 0 bridgehead atoms. The van der Waals surface area contributed by atoms with Crippen LogP contribution in [0.1, 0.15) is 48.8 Å². The van der Waals surface area contributed by atoms with Gasteiger partial charge in [-0.3, -0.25) is 13.9 Å². The zero-order chi connectivity index (χ0) is 31.1. The summed E-state index contributed by atoms with van der Waals surface area (Å²) < 4.78 is 27.9. The SMILES string of the molecule is Cc1cc(N(CC(=O)N(Cc2c(Cl)cccc2Cl)[C@@H](Cc2ccccc2)C(=O)NC2CCCCC2)S(C)(=O)=O)ccc1Br. The van der Waals surface area contributed by atoms with Gasteiger partial charge in [0, 0.05) is 39.1 Å². The van der Waals surface area contributed by atoms with Gasteiger partial charge in [0.05, 0.1) is 11.9 Å². The molecule has 3 aromatic carbocycles. The molecule has 2 amide bonds. The van der Waals surface area contributed by atoms with Crippen LogP contribution < -0.4 is 9.62 Å². The van der Waals surface area contributed by atoms with Crippen molar-refractivity contribution in [3.8, 4) is 0 Å². The summed E-state index contributed by atoms with van der Waals surface area (Å²) >= 11 is 16.6. The van der Waals surface area contributed by atoms with Crippen molar-refractivity contribution in [1.29, 1.82) is 0 Å². The Morgan fingerprint density at radius 3 is 2.23 bits per heavy atom. The summed E-state index contributed by atoms with van der Waals surface area (Å²) in [5.74, 6) is -0.848. The zero-order valence-electron chi connectivity index (χ0n) is 24.2. The molecule has 1 fully saturated rings. The molecule has 1 N–H and O–H groups in total. The molecule has 0 spiro atoms. The summed E-state index contributed by atoms with van der Waals surface area (Å²) in [6, 6.07) is 18.6. The highest BCUT2D eigenvalue weighted by Gasteiger charge is 2.34. The first kappa shape index (κ1) is 33.3. The first-order valence-electron chi connectivity index (χ1n) is 14.2. The summed E-state index contributed by atoms with van der Waals surface area (Å²) in [6.45, 7) is 1.25. The summed E-state index contributed by atoms with van der Waals surface area (Å²) in [7, 11) is -3.88. The lowest BCUT2D eigenvalue weighted by atomic mass is 9.94. The molecule has 230 valence electrons. The standard InChI is InChI=1S/C32H36BrCl2N3O4S/c1-22-18-25(16-17-27(22)33)38(43(2,41)42)21-31(39)37(20-26-28(34)14-9-15-29(26)35)30(19-23-10-5-3-6-11-23)32(40)36-24-12-7-4-8-13-24/h3,5-6,9-11,14-18,24,30H,4,7-8,12-13,19-21H2,1-2H3,(H,36,40)/t30-/m0/s1. The number of hydrogen-bond donors (Lipinski definition) is 1. The van der Waals surface area contributed by atoms with E-state index in [9.17, 15) is 18.0 Å². The van der Waals surface area contributed by atoms with Gasteiger partial charge in [-0.1, -0.05) is 94.8 Å². The van der Waals surface area contributed by atoms with Crippen molar-refractivity contribution in [2.24, 2.45) is 0 Å². The van der Waals surface area contributed by atoms with Crippen LogP contribution in [0.3, 0.4) is 0 Å². The quantitative estimate of drug-likeness (QED) is 0.234. The van der Waals surface area contributed by atoms with Crippen LogP contribution in [0.4, 0.5) is 5.69 Å². The van der Waals surface area contributed by atoms with E-state index < -0.39 is 28.5 Å². The van der Waals surface area contributed by atoms with Crippen LogP contribution in [0.5, 0.6) is 0 Å². The second-order valence-electron chi connectivity index (χ2n) is 11.0. The average Bonchev–Trinajstić information content (AvgIpc) is 2.97. The number of benzene rings is 3. The van der Waals surface area contributed by atoms with Gasteiger partial charge in [-0.25, -0.2) is 8.42 Å². The van der Waals surface area contributed by atoms with E-state index in [4.69, 9.17) is 23.2 Å². The average molecular weight is 710 g/mol. The molecular weight excluding hydrogens is 673 g/mol. The van der Waals surface area contributed by atoms with E-state index in [1.54, 1.807) is 36.4 Å². The maximum absolute atomic E-state index is 14.3. The fourth-order valence-corrected chi connectivity index (χ4v) is 6.95. The van der Waals surface area contributed by atoms with Crippen LogP contribution in [0.2, 0.25) is 10.0 Å². The Bertz CT molecular complexity index is 1530. The van der Waals surface area contributed by atoms with E-state index in [2.05, 4.69) is 21.2 Å². The fourth-order valence-electron chi connectivity index (χ4n) is 5.35. The molecule has 1 aliphatic carbocycles. The van der Waals surface area contributed by atoms with Gasteiger partial charge < -0.3 is 10.2 Å². The van der Waals surface area contributed by atoms with Crippen molar-refractivity contribution in [2.45, 2.75) is 64.1 Å². The summed E-state index contributed by atoms with van der Waals surface area (Å²) in [5.41, 5.74) is 2.50. The van der Waals surface area contributed by atoms with Crippen LogP contribution in [0.15, 0.2) is 71.2 Å². The van der Waals surface area contributed by atoms with E-state index in [0.717, 1.165) is 58.3 Å². The van der Waals surface area contributed by atoms with Crippen molar-refractivity contribution < 1.29 is 18.0 Å². The molecule has 3 aromatic rings. The molecule has 0 heterocycles. The highest BCUT2D eigenvalue weighted by Crippen LogP contribution is 2.29. The third-order valence-corrected chi connectivity index (χ3v) is 10.5. The minimum atomic E-state index is -3.88. The normalized spacial score (nSPS) is 14.6. The van der Waals surface area contributed by atoms with Crippen molar-refractivity contribution in [3.63, 3.8) is 0 Å². The monoisotopic (exact) mass is 707 g/mol. The smallest absolute Gasteiger partial charge is 0.244 e. The molecule has 1 saturated carbocycles. The molecule has 0 unspecified atom stereocenters. The second-order valence-corrected chi connectivity index (χ2v) is 14.5. The van der Waals surface area contributed by atoms with Gasteiger partial charge in [-0.2, -0.15) is 0 Å². The maximum atomic E-state index is 14.3. The molecule has 0 aromatic heterocycles. The van der Waals surface area contributed by atoms with E-state index >= 15 is 0 Å². The number of nitrogens with one attached hydrogen (secondary N) is 1. The van der Waals surface area contributed by atoms with Crippen molar-refractivity contribution in [3.05, 3.63) is 97.9 Å². The largest absolute Gasteiger partial charge is 0.352 e. The zero-order valence-corrected chi connectivity index (χ0v) is 28.1. The topological polar surface area (TPSA) is 86.8 Å². The minimum Gasteiger partial charge on any atom is -0.352 e. The third kappa shape index (κ3) is 8.97. The lowest BCUT2D eigenvalue weighted by molar-refractivity contribution is -0.140. The Morgan fingerprint density at radius 2 is 1.63 bits per heavy atom. The third-order valence-electron chi connectivity index (χ3n) is 7.72. The Morgan fingerprint density at radius 1 is 0.977 bits per heavy atom. The molecule has 43 heavy (non-hydrogen) atoms. The maximum Gasteiger partial charge on any atom is 0.244 e. The van der Waals surface area contributed by atoms with Gasteiger partial charge in [0.15, 0.2) is 0 Å². The Hall–Kier alpha value is -2.59. The van der Waals surface area contributed by atoms with E-state index in [1.165, 1.54) is 4.90 Å². The first-order chi connectivity index (χ1) is 20.4. The molecule has 0 saturated heterocycles. The van der Waals surface area contributed by atoms with Gasteiger partial charge in [-0.15, -0.1) is 0 Å². The molecule has 1 aliphatic rings. The molecule has 7 nitrogen and oxygen atoms in total. The molecule has 0 aliphatic heterocycles. The first-order valence-corrected chi connectivity index (χ1v) is 17.6. The van der Waals surface area contributed by atoms with Gasteiger partial charge in [0.25, 0.3) is 0 Å². The van der Waals surface area contributed by atoms with Crippen molar-refractivity contribution >= 4 is 66.7 Å². The van der Waals surface area contributed by atoms with Gasteiger partial charge in [-0.05, 0) is 61.2 Å². The number of aryl methyl sites for hydroxylation is 1. The fraction of sp³-hybridized carbons (Fsp3) is 0.375. The van der Waals surface area contributed by atoms with Crippen LogP contribution >= 0.6 is 39.1 Å². The van der Waals surface area contributed by atoms with E-state index in [-0.39, 0.29) is 24.9 Å². The van der Waals surface area contributed by atoms with Crippen molar-refractivity contribution in [2.75, 3.05) is 17.1 Å². The molecule has 0 radical (unpaired) electrons. The number of amides is 2. The molecule has 4 rings (SSSR count). The predicted octanol–water partition coefficient (Wildman–Crippen LogP) is 6.92. The number of halogens is 3. The molecule has 11 heteroatoms. The number of carbonyl (C=O) groups is 2. The number of sulfonamides is 1. The van der Waals surface area contributed by atoms with Crippen LogP contribution in [-0.4, -0.2) is 50.0 Å². The van der Waals surface area contributed by atoms with Crippen LogP contribution in [0.25, 0.3) is 0 Å². The summed E-state index contributed by atoms with van der Waals surface area (Å²) in [5, 5.41) is 3.88. The lowest BCUT2D eigenvalue weighted by Gasteiger charge is -2.35. The lowest BCUT2D eigenvalue weighted by Crippen LogP contribution is -2.55. The molecule has 1 atom stereocenters. The number of rotatable bonds is 11. The van der Waals surface area contributed by atoms with E-state index in [1.807, 2.05) is 37.3 Å². The number of anilines is 1. The Labute approximate surface area is 272 Å². The van der Waals surface area contributed by atoms with Crippen LogP contribution in [-0.2, 0) is 32.6 Å². The summed E-state index contributed by atoms with van der Waals surface area (Å²) in [4.78, 5) is 29.8. The van der Waals surface area contributed by atoms with Gasteiger partial charge in [0.1, 0.15) is 12.6 Å². The minimum absolute atomic E-state index is 0.0126. The van der Waals surface area contributed by atoms with Crippen LogP contribution in [0, 0.1) is 6.92 Å². The van der Waals surface area contributed by atoms with E-state index in [0.29, 0.717) is 21.3 Å². The predicted molar refractivity (Wildman–Crippen MR) is 177 cm³/mol. The second kappa shape index (κ2) is 14.9. The number of nitrogens with zero attached hydrogens (tertiary/aromatic N) is 2. The summed E-state index contributed by atoms with van der Waals surface area (Å²) in [6.07, 6.45) is 6.22.